The third-order valence-corrected chi connectivity index (χ3v) is 4.63. The summed E-state index contributed by atoms with van der Waals surface area (Å²) in [4.78, 5) is 14.6. The van der Waals surface area contributed by atoms with Crippen LogP contribution in [0.4, 0.5) is 0 Å². The maximum Gasteiger partial charge on any atom is 0.257 e. The van der Waals surface area contributed by atoms with Gasteiger partial charge in [0.1, 0.15) is 5.75 Å². The van der Waals surface area contributed by atoms with E-state index < -0.39 is 0 Å². The molecule has 1 amide bonds. The molecule has 1 saturated carbocycles. The molecule has 2 rings (SSSR count). The van der Waals surface area contributed by atoms with Gasteiger partial charge < -0.3 is 10.0 Å². The van der Waals surface area contributed by atoms with Gasteiger partial charge in [-0.15, -0.1) is 11.6 Å². The fourth-order valence-electron chi connectivity index (χ4n) is 2.77. The highest BCUT2D eigenvalue weighted by molar-refractivity contribution is 14.1. The number of alkyl halides is 1. The van der Waals surface area contributed by atoms with Crippen LogP contribution in [0.5, 0.6) is 5.75 Å². The van der Waals surface area contributed by atoms with Gasteiger partial charge in [-0.1, -0.05) is 19.3 Å². The van der Waals surface area contributed by atoms with Crippen molar-refractivity contribution in [3.05, 3.63) is 27.3 Å². The molecule has 0 radical (unpaired) electrons. The molecule has 0 atom stereocenters. The number of nitrogens with zero attached hydrogens (tertiary/aromatic N) is 1. The third-order valence-electron chi connectivity index (χ3n) is 3.79. The Bertz CT molecular complexity index is 475. The van der Waals surface area contributed by atoms with Crippen molar-refractivity contribution in [3.63, 3.8) is 0 Å². The van der Waals surface area contributed by atoms with Crippen LogP contribution < -0.4 is 0 Å². The Hall–Kier alpha value is -0.490. The molecule has 0 unspecified atom stereocenters. The first-order valence-electron chi connectivity index (χ1n) is 6.99. The van der Waals surface area contributed by atoms with Gasteiger partial charge in [-0.3, -0.25) is 4.79 Å². The Morgan fingerprint density at radius 2 is 2.05 bits per heavy atom. The van der Waals surface area contributed by atoms with Crippen molar-refractivity contribution < 1.29 is 9.90 Å². The van der Waals surface area contributed by atoms with Crippen molar-refractivity contribution in [3.8, 4) is 5.75 Å². The van der Waals surface area contributed by atoms with Crippen molar-refractivity contribution in [2.45, 2.75) is 38.1 Å². The van der Waals surface area contributed by atoms with Gasteiger partial charge in [-0.05, 0) is 53.6 Å². The zero-order valence-electron chi connectivity index (χ0n) is 11.3. The summed E-state index contributed by atoms with van der Waals surface area (Å²) >= 11 is 8.01. The lowest BCUT2D eigenvalue weighted by molar-refractivity contribution is 0.0646. The maximum atomic E-state index is 12.7. The molecule has 0 aromatic heterocycles. The number of carbonyl (C=O) groups excluding carboxylic acids is 1. The molecule has 0 saturated heterocycles. The number of amides is 1. The largest absolute Gasteiger partial charge is 0.507 e. The molecule has 1 aromatic rings. The zero-order chi connectivity index (χ0) is 14.5. The standard InChI is InChI=1S/C15H19ClINO2/c16-8-9-18(12-4-2-1-3-5-12)15(20)13-10-11(17)6-7-14(13)19/h6-7,10,12,19H,1-5,8-9H2. The lowest BCUT2D eigenvalue weighted by Crippen LogP contribution is -2.42. The number of hydrogen-bond acceptors (Lipinski definition) is 2. The monoisotopic (exact) mass is 407 g/mol. The number of hydrogen-bond donors (Lipinski definition) is 1. The van der Waals surface area contributed by atoms with Crippen LogP contribution in [-0.2, 0) is 0 Å². The number of phenols is 1. The Kier molecular flexibility index (Phi) is 5.96. The Morgan fingerprint density at radius 3 is 2.70 bits per heavy atom. The number of halogens is 2. The van der Waals surface area contributed by atoms with Crippen LogP contribution in [0.25, 0.3) is 0 Å². The summed E-state index contributed by atoms with van der Waals surface area (Å²) in [5, 5.41) is 9.94. The van der Waals surface area contributed by atoms with Gasteiger partial charge in [0.15, 0.2) is 0 Å². The first kappa shape index (κ1) is 15.9. The fraction of sp³-hybridized carbons (Fsp3) is 0.533. The SMILES string of the molecule is O=C(c1cc(I)ccc1O)N(CCCl)C1CCCCC1. The van der Waals surface area contributed by atoms with E-state index in [2.05, 4.69) is 22.6 Å². The van der Waals surface area contributed by atoms with E-state index in [0.29, 0.717) is 18.0 Å². The Balaban J connectivity index is 2.23. The van der Waals surface area contributed by atoms with Crippen molar-refractivity contribution in [1.82, 2.24) is 4.90 Å². The fourth-order valence-corrected chi connectivity index (χ4v) is 3.44. The highest BCUT2D eigenvalue weighted by Crippen LogP contribution is 2.27. The molecular weight excluding hydrogens is 389 g/mol. The minimum atomic E-state index is -0.103. The van der Waals surface area contributed by atoms with Crippen LogP contribution in [0.2, 0.25) is 0 Å². The van der Waals surface area contributed by atoms with Crippen LogP contribution in [0.3, 0.4) is 0 Å². The Labute approximate surface area is 138 Å². The number of rotatable bonds is 4. The summed E-state index contributed by atoms with van der Waals surface area (Å²) in [6.07, 6.45) is 5.64. The molecule has 1 N–H and O–H groups in total. The van der Waals surface area contributed by atoms with E-state index in [0.717, 1.165) is 29.3 Å². The van der Waals surface area contributed by atoms with Crippen molar-refractivity contribution in [1.29, 1.82) is 0 Å². The van der Waals surface area contributed by atoms with Gasteiger partial charge in [-0.25, -0.2) is 0 Å². The predicted octanol–water partition coefficient (Wildman–Crippen LogP) is 4.01. The van der Waals surface area contributed by atoms with Crippen LogP contribution in [0.15, 0.2) is 18.2 Å². The third kappa shape index (κ3) is 3.79. The van der Waals surface area contributed by atoms with E-state index >= 15 is 0 Å². The number of benzene rings is 1. The number of aromatic hydroxyl groups is 1. The average molecular weight is 408 g/mol. The minimum Gasteiger partial charge on any atom is -0.507 e. The van der Waals surface area contributed by atoms with E-state index in [-0.39, 0.29) is 17.7 Å². The molecule has 20 heavy (non-hydrogen) atoms. The smallest absolute Gasteiger partial charge is 0.257 e. The minimum absolute atomic E-state index is 0.0470. The van der Waals surface area contributed by atoms with Crippen LogP contribution in [-0.4, -0.2) is 34.4 Å². The summed E-state index contributed by atoms with van der Waals surface area (Å²) in [5.41, 5.74) is 0.382. The van der Waals surface area contributed by atoms with Gasteiger partial charge in [0.25, 0.3) is 5.91 Å². The topological polar surface area (TPSA) is 40.5 Å². The van der Waals surface area contributed by atoms with Gasteiger partial charge in [0, 0.05) is 22.0 Å². The molecule has 1 aliphatic carbocycles. The molecule has 0 aliphatic heterocycles. The molecule has 0 bridgehead atoms. The Morgan fingerprint density at radius 1 is 1.35 bits per heavy atom. The predicted molar refractivity (Wildman–Crippen MR) is 89.5 cm³/mol. The van der Waals surface area contributed by atoms with Gasteiger partial charge in [0.2, 0.25) is 0 Å². The second-order valence-electron chi connectivity index (χ2n) is 5.14. The van der Waals surface area contributed by atoms with Crippen LogP contribution in [0.1, 0.15) is 42.5 Å². The van der Waals surface area contributed by atoms with E-state index in [4.69, 9.17) is 11.6 Å². The maximum absolute atomic E-state index is 12.7. The van der Waals surface area contributed by atoms with Gasteiger partial charge in [0.05, 0.1) is 5.56 Å². The summed E-state index contributed by atoms with van der Waals surface area (Å²) in [6.45, 7) is 0.538. The molecule has 0 heterocycles. The van der Waals surface area contributed by atoms with Crippen LogP contribution >= 0.6 is 34.2 Å². The van der Waals surface area contributed by atoms with Gasteiger partial charge >= 0.3 is 0 Å². The van der Waals surface area contributed by atoms with Crippen molar-refractivity contribution in [2.75, 3.05) is 12.4 Å². The van der Waals surface area contributed by atoms with E-state index in [1.54, 1.807) is 18.2 Å². The molecule has 1 aromatic carbocycles. The molecule has 1 fully saturated rings. The quantitative estimate of drug-likeness (QED) is 0.605. The molecular formula is C15H19ClINO2. The van der Waals surface area contributed by atoms with E-state index in [1.807, 2.05) is 4.90 Å². The van der Waals surface area contributed by atoms with Crippen molar-refractivity contribution in [2.24, 2.45) is 0 Å². The normalized spacial score (nSPS) is 16.1. The van der Waals surface area contributed by atoms with E-state index in [9.17, 15) is 9.90 Å². The second kappa shape index (κ2) is 7.50. The first-order chi connectivity index (χ1) is 9.63. The molecule has 110 valence electrons. The average Bonchev–Trinajstić information content (AvgIpc) is 2.47. The van der Waals surface area contributed by atoms with Gasteiger partial charge in [-0.2, -0.15) is 0 Å². The summed E-state index contributed by atoms with van der Waals surface area (Å²) in [5.74, 6) is 0.367. The van der Waals surface area contributed by atoms with E-state index in [1.165, 1.54) is 6.42 Å². The second-order valence-corrected chi connectivity index (χ2v) is 6.76. The highest BCUT2D eigenvalue weighted by atomic mass is 127. The summed E-state index contributed by atoms with van der Waals surface area (Å²) in [7, 11) is 0. The molecule has 1 aliphatic rings. The molecule has 5 heteroatoms. The van der Waals surface area contributed by atoms with Crippen LogP contribution in [0, 0.1) is 3.57 Å². The summed E-state index contributed by atoms with van der Waals surface area (Å²) < 4.78 is 0.943. The number of phenolic OH excluding ortho intramolecular Hbond substituents is 1. The lowest BCUT2D eigenvalue weighted by atomic mass is 9.93. The zero-order valence-corrected chi connectivity index (χ0v) is 14.2. The molecule has 3 nitrogen and oxygen atoms in total. The molecule has 0 spiro atoms. The summed E-state index contributed by atoms with van der Waals surface area (Å²) in [6, 6.07) is 5.36. The van der Waals surface area contributed by atoms with Crippen molar-refractivity contribution >= 4 is 40.1 Å². The highest BCUT2D eigenvalue weighted by Gasteiger charge is 2.27. The lowest BCUT2D eigenvalue weighted by Gasteiger charge is -2.34. The number of carbonyl (C=O) groups is 1. The first-order valence-corrected chi connectivity index (χ1v) is 8.60.